The summed E-state index contributed by atoms with van der Waals surface area (Å²) < 4.78 is 29.5. The highest BCUT2D eigenvalue weighted by Crippen LogP contribution is 2.36. The molecule has 3 aromatic rings. The molecule has 5 rings (SSSR count). The quantitative estimate of drug-likeness (QED) is 0.581. The Bertz CT molecular complexity index is 1030. The van der Waals surface area contributed by atoms with Gasteiger partial charge in [-0.15, -0.1) is 0 Å². The maximum Gasteiger partial charge on any atom is 0.126 e. The summed E-state index contributed by atoms with van der Waals surface area (Å²) in [5.74, 6) is -0.295. The maximum atomic E-state index is 14.3. The fourth-order valence-corrected chi connectivity index (χ4v) is 4.70. The molecule has 28 heavy (non-hydrogen) atoms. The Morgan fingerprint density at radius 1 is 1.11 bits per heavy atom. The van der Waals surface area contributed by atoms with Crippen LogP contribution in [0.15, 0.2) is 36.4 Å². The van der Waals surface area contributed by atoms with E-state index in [0.29, 0.717) is 17.5 Å². The molecule has 2 nitrogen and oxygen atoms in total. The molecule has 2 heterocycles. The summed E-state index contributed by atoms with van der Waals surface area (Å²) in [4.78, 5) is 2.63. The van der Waals surface area contributed by atoms with E-state index in [-0.39, 0.29) is 5.82 Å². The number of benzene rings is 2. The largest absolute Gasteiger partial charge is 0.344 e. The Kier molecular flexibility index (Phi) is 4.47. The predicted octanol–water partition coefficient (Wildman–Crippen LogP) is 5.32. The van der Waals surface area contributed by atoms with E-state index in [1.165, 1.54) is 46.6 Å². The van der Waals surface area contributed by atoms with Crippen molar-refractivity contribution < 1.29 is 8.78 Å². The molecule has 0 N–H and O–H groups in total. The average molecular weight is 380 g/mol. The number of hydrogen-bond acceptors (Lipinski definition) is 1. The van der Waals surface area contributed by atoms with Gasteiger partial charge in [0, 0.05) is 48.7 Å². The summed E-state index contributed by atoms with van der Waals surface area (Å²) in [5.41, 5.74) is 6.48. The number of alkyl halides is 1. The van der Waals surface area contributed by atoms with Crippen molar-refractivity contribution in [3.8, 4) is 0 Å². The van der Waals surface area contributed by atoms with Crippen LogP contribution in [0.3, 0.4) is 0 Å². The molecule has 2 aliphatic rings. The molecule has 1 aliphatic carbocycles. The van der Waals surface area contributed by atoms with E-state index in [2.05, 4.69) is 34.6 Å². The van der Waals surface area contributed by atoms with Crippen LogP contribution in [0.2, 0.25) is 0 Å². The molecule has 1 aromatic heterocycles. The first kappa shape index (κ1) is 17.9. The lowest BCUT2D eigenvalue weighted by Gasteiger charge is -2.28. The number of hydrogen-bond donors (Lipinski definition) is 0. The molecular formula is C24H26F2N2. The van der Waals surface area contributed by atoms with Crippen molar-refractivity contribution in [2.24, 2.45) is 0 Å². The van der Waals surface area contributed by atoms with Crippen LogP contribution in [0, 0.1) is 12.7 Å². The Morgan fingerprint density at radius 3 is 2.71 bits per heavy atom. The molecule has 1 fully saturated rings. The van der Waals surface area contributed by atoms with Gasteiger partial charge in [-0.1, -0.05) is 23.8 Å². The second-order valence-corrected chi connectivity index (χ2v) is 8.36. The van der Waals surface area contributed by atoms with Crippen molar-refractivity contribution in [1.82, 2.24) is 9.47 Å². The van der Waals surface area contributed by atoms with E-state index in [9.17, 15) is 8.78 Å². The fraction of sp³-hybridized carbons (Fsp3) is 0.417. The van der Waals surface area contributed by atoms with Crippen molar-refractivity contribution in [2.75, 3.05) is 6.54 Å². The Morgan fingerprint density at radius 2 is 1.96 bits per heavy atom. The van der Waals surface area contributed by atoms with Crippen LogP contribution in [0.4, 0.5) is 8.78 Å². The highest BCUT2D eigenvalue weighted by Gasteiger charge is 2.33. The molecule has 0 saturated heterocycles. The van der Waals surface area contributed by atoms with E-state index in [1.54, 1.807) is 12.1 Å². The second-order valence-electron chi connectivity index (χ2n) is 8.36. The molecule has 0 radical (unpaired) electrons. The van der Waals surface area contributed by atoms with Gasteiger partial charge in [0.05, 0.1) is 0 Å². The van der Waals surface area contributed by atoms with Gasteiger partial charge < -0.3 is 4.57 Å². The third-order valence-corrected chi connectivity index (χ3v) is 6.38. The topological polar surface area (TPSA) is 8.17 Å². The Labute approximate surface area is 164 Å². The van der Waals surface area contributed by atoms with Gasteiger partial charge >= 0.3 is 0 Å². The predicted molar refractivity (Wildman–Crippen MR) is 109 cm³/mol. The zero-order valence-electron chi connectivity index (χ0n) is 16.3. The summed E-state index contributed by atoms with van der Waals surface area (Å²) in [7, 11) is 0. The Balaban J connectivity index is 1.49. The van der Waals surface area contributed by atoms with E-state index in [1.807, 2.05) is 0 Å². The van der Waals surface area contributed by atoms with Crippen LogP contribution in [0.5, 0.6) is 0 Å². The number of aryl methyl sites for hydroxylation is 3. The molecular weight excluding hydrogens is 354 g/mol. The highest BCUT2D eigenvalue weighted by molar-refractivity contribution is 5.86. The molecule has 0 bridgehead atoms. The first-order valence-electron chi connectivity index (χ1n) is 10.3. The average Bonchev–Trinajstić information content (AvgIpc) is 3.51. The molecule has 0 amide bonds. The molecule has 0 atom stereocenters. The van der Waals surface area contributed by atoms with Gasteiger partial charge in [-0.05, 0) is 61.1 Å². The van der Waals surface area contributed by atoms with Gasteiger partial charge in [0.25, 0.3) is 0 Å². The van der Waals surface area contributed by atoms with Crippen LogP contribution < -0.4 is 0 Å². The lowest BCUT2D eigenvalue weighted by atomic mass is 10.0. The molecule has 146 valence electrons. The highest BCUT2D eigenvalue weighted by atomic mass is 19.1. The first-order chi connectivity index (χ1) is 13.6. The van der Waals surface area contributed by atoms with Crippen LogP contribution in [-0.2, 0) is 32.6 Å². The molecule has 1 saturated carbocycles. The smallest absolute Gasteiger partial charge is 0.126 e. The lowest BCUT2D eigenvalue weighted by Crippen LogP contribution is -2.32. The van der Waals surface area contributed by atoms with Gasteiger partial charge in [-0.25, -0.2) is 8.78 Å². The minimum atomic E-state index is -0.621. The van der Waals surface area contributed by atoms with Crippen molar-refractivity contribution >= 4 is 10.9 Å². The second kappa shape index (κ2) is 7.00. The maximum absolute atomic E-state index is 14.3. The van der Waals surface area contributed by atoms with Crippen LogP contribution in [0.25, 0.3) is 10.9 Å². The molecule has 4 heteroatoms. The van der Waals surface area contributed by atoms with E-state index in [4.69, 9.17) is 0 Å². The van der Waals surface area contributed by atoms with Crippen molar-refractivity contribution in [3.63, 3.8) is 0 Å². The summed E-state index contributed by atoms with van der Waals surface area (Å²) in [6.07, 6.45) is 4.35. The van der Waals surface area contributed by atoms with Gasteiger partial charge in [-0.3, -0.25) is 4.90 Å². The third-order valence-electron chi connectivity index (χ3n) is 6.38. The van der Waals surface area contributed by atoms with Crippen molar-refractivity contribution in [1.29, 1.82) is 0 Å². The summed E-state index contributed by atoms with van der Waals surface area (Å²) in [6, 6.07) is 12.2. The number of aromatic nitrogens is 1. The zero-order chi connectivity index (χ0) is 19.3. The van der Waals surface area contributed by atoms with Gasteiger partial charge in [0.2, 0.25) is 0 Å². The van der Waals surface area contributed by atoms with Crippen molar-refractivity contribution in [2.45, 2.75) is 58.4 Å². The standard InChI is InChI=1S/C24H26F2N2/c1-16-2-7-23-20(12-16)21-15-27(19-5-6-19)10-9-24(21)28(23)11-8-18-4-3-17(14-25)13-22(18)26/h2-4,7,12-13,19H,5-6,8-11,14-15H2,1H3. The summed E-state index contributed by atoms with van der Waals surface area (Å²) in [5, 5.41) is 1.36. The number of nitrogens with zero attached hydrogens (tertiary/aromatic N) is 2. The van der Waals surface area contributed by atoms with Crippen molar-refractivity contribution in [3.05, 3.63) is 70.2 Å². The molecule has 0 spiro atoms. The van der Waals surface area contributed by atoms with Crippen LogP contribution in [-0.4, -0.2) is 22.1 Å². The minimum Gasteiger partial charge on any atom is -0.344 e. The third kappa shape index (κ3) is 3.14. The summed E-state index contributed by atoms with van der Waals surface area (Å²) >= 11 is 0. The van der Waals surface area contributed by atoms with Gasteiger partial charge in [-0.2, -0.15) is 0 Å². The lowest BCUT2D eigenvalue weighted by molar-refractivity contribution is 0.241. The van der Waals surface area contributed by atoms with Crippen LogP contribution >= 0.6 is 0 Å². The number of halogens is 2. The monoisotopic (exact) mass is 380 g/mol. The first-order valence-corrected chi connectivity index (χ1v) is 10.3. The molecule has 0 unspecified atom stereocenters. The number of fused-ring (bicyclic) bond motifs is 3. The number of rotatable bonds is 5. The Hall–Kier alpha value is -2.20. The minimum absolute atomic E-state index is 0.295. The fourth-order valence-electron chi connectivity index (χ4n) is 4.70. The summed E-state index contributed by atoms with van der Waals surface area (Å²) in [6.45, 7) is 4.43. The SMILES string of the molecule is Cc1ccc2c(c1)c1c(n2CCc2ccc(CF)cc2F)CCN(C2CC2)C1. The van der Waals surface area contributed by atoms with Gasteiger partial charge in [0.1, 0.15) is 12.5 Å². The van der Waals surface area contributed by atoms with E-state index >= 15 is 0 Å². The van der Waals surface area contributed by atoms with Crippen LogP contribution in [0.1, 0.15) is 40.8 Å². The molecule has 1 aliphatic heterocycles. The zero-order valence-corrected chi connectivity index (χ0v) is 16.3. The van der Waals surface area contributed by atoms with Gasteiger partial charge in [0.15, 0.2) is 0 Å². The van der Waals surface area contributed by atoms with E-state index < -0.39 is 6.67 Å². The normalized spacial score (nSPS) is 17.2. The molecule has 2 aromatic carbocycles. The van der Waals surface area contributed by atoms with E-state index in [0.717, 1.165) is 32.1 Å².